The maximum Gasteiger partial charge on any atom is 0.453 e. The summed E-state index contributed by atoms with van der Waals surface area (Å²) in [6.07, 6.45) is -2.56. The molecule has 0 saturated heterocycles. The van der Waals surface area contributed by atoms with Gasteiger partial charge in [-0.1, -0.05) is 49.9 Å². The molecular weight excluding hydrogens is 357 g/mol. The zero-order valence-corrected chi connectivity index (χ0v) is 14.9. The molecule has 0 radical (unpaired) electrons. The molecule has 2 rings (SSSR count). The van der Waals surface area contributed by atoms with Crippen LogP contribution in [0.15, 0.2) is 24.3 Å². The van der Waals surface area contributed by atoms with Crippen LogP contribution in [0, 0.1) is 0 Å². The molecule has 1 aromatic rings. The van der Waals surface area contributed by atoms with Crippen LogP contribution in [0.25, 0.3) is 0 Å². The van der Waals surface area contributed by atoms with Crippen LogP contribution in [0.4, 0.5) is 22.0 Å². The monoisotopic (exact) mass is 381 g/mol. The van der Waals surface area contributed by atoms with E-state index in [0.717, 1.165) is 31.6 Å². The Balaban J connectivity index is 1.48. The number of rotatable bonds is 10. The second-order valence-electron chi connectivity index (χ2n) is 6.40. The van der Waals surface area contributed by atoms with Crippen molar-refractivity contribution in [1.82, 2.24) is 5.32 Å². The second-order valence-corrected chi connectivity index (χ2v) is 7.62. The summed E-state index contributed by atoms with van der Waals surface area (Å²) in [5.41, 5.74) is 2.69. The Bertz CT molecular complexity index is 532. The Kier molecular flexibility index (Phi) is 7.55. The summed E-state index contributed by atoms with van der Waals surface area (Å²) in [4.78, 5) is 0. The number of hydrogen-bond acceptors (Lipinski definition) is 2. The lowest BCUT2D eigenvalue weighted by Crippen LogP contribution is -2.36. The second kappa shape index (κ2) is 9.21. The van der Waals surface area contributed by atoms with Crippen LogP contribution in [0.1, 0.15) is 61.4 Å². The van der Waals surface area contributed by atoms with Gasteiger partial charge in [0.25, 0.3) is 0 Å². The fraction of sp³-hybridized carbons (Fsp3) is 0.667. The van der Waals surface area contributed by atoms with Crippen LogP contribution in [-0.4, -0.2) is 17.9 Å². The van der Waals surface area contributed by atoms with Gasteiger partial charge in [0, 0.05) is 13.0 Å². The van der Waals surface area contributed by atoms with Crippen LogP contribution in [-0.2, 0) is 6.54 Å². The molecule has 0 aliphatic carbocycles. The van der Waals surface area contributed by atoms with Gasteiger partial charge in [-0.2, -0.15) is 22.0 Å². The third-order valence-electron chi connectivity index (χ3n) is 4.40. The van der Waals surface area contributed by atoms with Crippen LogP contribution in [0.2, 0.25) is 0 Å². The highest BCUT2D eigenvalue weighted by Crippen LogP contribution is 2.39. The highest BCUT2D eigenvalue weighted by atomic mass is 32.2. The predicted molar refractivity (Wildman–Crippen MR) is 91.8 cm³/mol. The minimum atomic E-state index is -5.42. The number of nitrogens with one attached hydrogen (secondary N) is 1. The molecule has 0 saturated carbocycles. The molecule has 1 unspecified atom stereocenters. The van der Waals surface area contributed by atoms with Crippen molar-refractivity contribution in [3.8, 4) is 0 Å². The summed E-state index contributed by atoms with van der Waals surface area (Å²) in [5, 5.41) is 3.80. The minimum absolute atomic E-state index is 0.0793. The van der Waals surface area contributed by atoms with Crippen molar-refractivity contribution < 1.29 is 22.0 Å². The summed E-state index contributed by atoms with van der Waals surface area (Å²) in [5.74, 6) is -3.54. The lowest BCUT2D eigenvalue weighted by Gasteiger charge is -2.19. The van der Waals surface area contributed by atoms with Crippen LogP contribution in [0.5, 0.6) is 0 Å². The summed E-state index contributed by atoms with van der Waals surface area (Å²) in [6, 6.07) is 8.36. The molecule has 7 heteroatoms. The smallest absolute Gasteiger partial charge is 0.298 e. The van der Waals surface area contributed by atoms with Crippen LogP contribution >= 0.6 is 11.8 Å². The molecule has 0 fully saturated rings. The van der Waals surface area contributed by atoms with Gasteiger partial charge in [0.15, 0.2) is 0 Å². The first-order valence-corrected chi connectivity index (χ1v) is 9.73. The molecule has 0 bridgehead atoms. The van der Waals surface area contributed by atoms with Gasteiger partial charge in [-0.25, -0.2) is 0 Å². The topological polar surface area (TPSA) is 12.0 Å². The standard InChI is InChI=1S/C18H24F5NS/c19-17(20,18(21,22)23)11-7-3-1-2-4-8-12-25-16-15-10-6-5-9-14(15)13-24-16/h5-6,9-10,16,24H,1-4,7-8,11-13H2. The van der Waals surface area contributed by atoms with Crippen molar-refractivity contribution in [1.29, 1.82) is 0 Å². The fourth-order valence-electron chi connectivity index (χ4n) is 2.91. The van der Waals surface area contributed by atoms with Gasteiger partial charge < -0.3 is 0 Å². The van der Waals surface area contributed by atoms with E-state index in [4.69, 9.17) is 0 Å². The van der Waals surface area contributed by atoms with Crippen molar-refractivity contribution in [2.45, 2.75) is 69.0 Å². The summed E-state index contributed by atoms with van der Waals surface area (Å²) < 4.78 is 61.5. The molecule has 1 nitrogen and oxygen atoms in total. The number of fused-ring (bicyclic) bond motifs is 1. The third-order valence-corrected chi connectivity index (χ3v) is 5.68. The third kappa shape index (κ3) is 6.13. The Labute approximate surface area is 149 Å². The fourth-order valence-corrected chi connectivity index (χ4v) is 4.13. The molecule has 1 heterocycles. The van der Waals surface area contributed by atoms with E-state index in [1.807, 2.05) is 23.9 Å². The van der Waals surface area contributed by atoms with Crippen molar-refractivity contribution in [2.24, 2.45) is 0 Å². The zero-order chi connectivity index (χ0) is 18.3. The number of hydrogen-bond donors (Lipinski definition) is 1. The van der Waals surface area contributed by atoms with Crippen molar-refractivity contribution in [3.05, 3.63) is 35.4 Å². The predicted octanol–water partition coefficient (Wildman–Crippen LogP) is 6.45. The minimum Gasteiger partial charge on any atom is -0.298 e. The summed E-state index contributed by atoms with van der Waals surface area (Å²) in [7, 11) is 0. The quantitative estimate of drug-likeness (QED) is 0.369. The van der Waals surface area contributed by atoms with Crippen molar-refractivity contribution in [3.63, 3.8) is 0 Å². The summed E-state index contributed by atoms with van der Waals surface area (Å²) in [6.45, 7) is 0.899. The van der Waals surface area contributed by atoms with Crippen molar-refractivity contribution in [2.75, 3.05) is 5.75 Å². The molecule has 1 atom stereocenters. The number of halogens is 5. The molecule has 142 valence electrons. The maximum atomic E-state index is 12.7. The Hall–Kier alpha value is -0.820. The largest absolute Gasteiger partial charge is 0.453 e. The van der Waals surface area contributed by atoms with Gasteiger partial charge in [-0.15, -0.1) is 11.8 Å². The Morgan fingerprint density at radius 1 is 0.920 bits per heavy atom. The first-order chi connectivity index (χ1) is 11.8. The van der Waals surface area contributed by atoms with E-state index in [9.17, 15) is 22.0 Å². The molecule has 1 N–H and O–H groups in total. The lowest BCUT2D eigenvalue weighted by molar-refractivity contribution is -0.284. The van der Waals surface area contributed by atoms with Gasteiger partial charge >= 0.3 is 12.1 Å². The van der Waals surface area contributed by atoms with Crippen LogP contribution < -0.4 is 5.32 Å². The first kappa shape index (κ1) is 20.5. The number of alkyl halides is 5. The van der Waals surface area contributed by atoms with Gasteiger partial charge in [-0.3, -0.25) is 5.32 Å². The molecular formula is C18H24F5NS. The molecule has 1 aromatic carbocycles. The molecule has 1 aliphatic rings. The number of benzene rings is 1. The maximum absolute atomic E-state index is 12.7. The van der Waals surface area contributed by atoms with Gasteiger partial charge in [0.1, 0.15) is 0 Å². The van der Waals surface area contributed by atoms with Gasteiger partial charge in [0.2, 0.25) is 0 Å². The van der Waals surface area contributed by atoms with E-state index in [2.05, 4.69) is 17.4 Å². The average molecular weight is 381 g/mol. The lowest BCUT2D eigenvalue weighted by atomic mass is 10.1. The highest BCUT2D eigenvalue weighted by Gasteiger charge is 2.56. The molecule has 25 heavy (non-hydrogen) atoms. The number of thioether (sulfide) groups is 1. The van der Waals surface area contributed by atoms with E-state index in [-0.39, 0.29) is 6.42 Å². The van der Waals surface area contributed by atoms with E-state index >= 15 is 0 Å². The first-order valence-electron chi connectivity index (χ1n) is 8.68. The van der Waals surface area contributed by atoms with Gasteiger partial charge in [-0.05, 0) is 29.7 Å². The van der Waals surface area contributed by atoms with Crippen LogP contribution in [0.3, 0.4) is 0 Å². The Morgan fingerprint density at radius 3 is 2.28 bits per heavy atom. The van der Waals surface area contributed by atoms with E-state index in [1.165, 1.54) is 11.1 Å². The average Bonchev–Trinajstić information content (AvgIpc) is 2.95. The van der Waals surface area contributed by atoms with E-state index in [1.54, 1.807) is 0 Å². The highest BCUT2D eigenvalue weighted by molar-refractivity contribution is 7.99. The zero-order valence-electron chi connectivity index (χ0n) is 14.0. The molecule has 0 amide bonds. The van der Waals surface area contributed by atoms with E-state index < -0.39 is 18.5 Å². The summed E-state index contributed by atoms with van der Waals surface area (Å²) >= 11 is 1.87. The molecule has 0 spiro atoms. The number of unbranched alkanes of at least 4 members (excludes halogenated alkanes) is 5. The van der Waals surface area contributed by atoms with E-state index in [0.29, 0.717) is 18.2 Å². The molecule has 0 aromatic heterocycles. The normalized spacial score (nSPS) is 17.7. The molecule has 1 aliphatic heterocycles. The SMILES string of the molecule is FC(F)(F)C(F)(F)CCCCCCCCSC1NCc2ccccc21. The van der Waals surface area contributed by atoms with Crippen molar-refractivity contribution >= 4 is 11.8 Å². The van der Waals surface area contributed by atoms with Gasteiger partial charge in [0.05, 0.1) is 5.37 Å². The Morgan fingerprint density at radius 2 is 1.56 bits per heavy atom.